The van der Waals surface area contributed by atoms with E-state index in [9.17, 15) is 24.2 Å². The second-order valence-electron chi connectivity index (χ2n) is 10.7. The molecule has 0 rings (SSSR count). The molecule has 0 saturated carbocycles. The standard InChI is InChI=1S/C30H52NO9P/c1-6-7-8-9-11-14-17-20-28(33)21-18-15-12-10-13-16-19-22-30(34)37-25-29(40-27(2)32)26-39-41(35,36)38-24-23-31(3,4)5/h10-11,13-15,17-18,20,28-29,33H,6-9,12,16,19,21-26H2,1-5H3/b13-10+,14-11-,18-15-,20-17-/t28-,29-/m1/s1. The minimum Gasteiger partial charge on any atom is -0.756 e. The first-order valence-corrected chi connectivity index (χ1v) is 15.9. The van der Waals surface area contributed by atoms with Crippen LogP contribution in [0.4, 0.5) is 0 Å². The molecule has 0 aliphatic carbocycles. The van der Waals surface area contributed by atoms with E-state index in [4.69, 9.17) is 18.5 Å². The quantitative estimate of drug-likeness (QED) is 0.0414. The molecule has 236 valence electrons. The Labute approximate surface area is 246 Å². The Hall–Kier alpha value is -2.07. The highest BCUT2D eigenvalue weighted by Gasteiger charge is 2.20. The number of quaternary nitrogens is 1. The number of carbonyl (C=O) groups is 2. The van der Waals surface area contributed by atoms with Crippen LogP contribution >= 0.6 is 7.82 Å². The number of unbranched alkanes of at least 4 members (excludes halogenated alkanes) is 4. The van der Waals surface area contributed by atoms with Gasteiger partial charge in [-0.15, -0.1) is 0 Å². The van der Waals surface area contributed by atoms with Crippen molar-refractivity contribution in [2.75, 3.05) is 47.5 Å². The molecule has 41 heavy (non-hydrogen) atoms. The second kappa shape index (κ2) is 23.5. The summed E-state index contributed by atoms with van der Waals surface area (Å²) in [6.45, 7) is 2.90. The fourth-order valence-corrected chi connectivity index (χ4v) is 3.92. The molecule has 0 spiro atoms. The molecule has 0 saturated heterocycles. The van der Waals surface area contributed by atoms with Gasteiger partial charge in [-0.3, -0.25) is 14.2 Å². The Bertz CT molecular complexity index is 878. The zero-order chi connectivity index (χ0) is 31.0. The zero-order valence-electron chi connectivity index (χ0n) is 25.6. The number of carbonyl (C=O) groups excluding carboxylic acids is 2. The van der Waals surface area contributed by atoms with Crippen molar-refractivity contribution >= 4 is 19.8 Å². The molecular weight excluding hydrogens is 549 g/mol. The third-order valence-corrected chi connectivity index (χ3v) is 6.45. The van der Waals surface area contributed by atoms with E-state index in [1.807, 2.05) is 57.6 Å². The third kappa shape index (κ3) is 27.9. The number of esters is 2. The van der Waals surface area contributed by atoms with Gasteiger partial charge in [0.15, 0.2) is 6.10 Å². The van der Waals surface area contributed by atoms with E-state index >= 15 is 0 Å². The number of phosphoric acid groups is 1. The number of allylic oxidation sites excluding steroid dienone is 6. The number of rotatable bonds is 24. The molecule has 0 fully saturated rings. The predicted molar refractivity (Wildman–Crippen MR) is 159 cm³/mol. The van der Waals surface area contributed by atoms with Gasteiger partial charge < -0.3 is 33.0 Å². The summed E-state index contributed by atoms with van der Waals surface area (Å²) in [5.74, 6) is -1.14. The van der Waals surface area contributed by atoms with Gasteiger partial charge in [-0.05, 0) is 38.5 Å². The van der Waals surface area contributed by atoms with E-state index in [0.29, 0.717) is 30.3 Å². The van der Waals surface area contributed by atoms with Crippen LogP contribution in [-0.4, -0.2) is 81.2 Å². The first kappa shape index (κ1) is 38.9. The predicted octanol–water partition coefficient (Wildman–Crippen LogP) is 4.79. The van der Waals surface area contributed by atoms with Crippen molar-refractivity contribution in [2.45, 2.75) is 83.8 Å². The number of hydrogen-bond acceptors (Lipinski definition) is 9. The number of ether oxygens (including phenoxy) is 2. The average Bonchev–Trinajstić information content (AvgIpc) is 2.87. The lowest BCUT2D eigenvalue weighted by atomic mass is 10.2. The van der Waals surface area contributed by atoms with Crippen molar-refractivity contribution in [1.82, 2.24) is 0 Å². The molecule has 1 unspecified atom stereocenters. The van der Waals surface area contributed by atoms with Crippen LogP contribution in [0.2, 0.25) is 0 Å². The summed E-state index contributed by atoms with van der Waals surface area (Å²) < 4.78 is 32.2. The topological polar surface area (TPSA) is 131 Å². The normalized spacial score (nSPS) is 15.6. The van der Waals surface area contributed by atoms with Gasteiger partial charge in [-0.2, -0.15) is 0 Å². The van der Waals surface area contributed by atoms with Crippen LogP contribution in [-0.2, 0) is 32.7 Å². The molecule has 0 bridgehead atoms. The lowest BCUT2D eigenvalue weighted by molar-refractivity contribution is -0.870. The van der Waals surface area contributed by atoms with Crippen molar-refractivity contribution < 1.29 is 47.2 Å². The molecule has 0 aromatic carbocycles. The van der Waals surface area contributed by atoms with E-state index in [2.05, 4.69) is 13.0 Å². The SMILES string of the molecule is CCCCC/C=C\C=C/[C@@H](O)C/C=C\C/C=C/CCCC(=O)OC[C@H](COP(=O)([O-])OCC[N+](C)(C)C)OC(C)=O. The average molecular weight is 602 g/mol. The molecule has 0 aliphatic heterocycles. The van der Waals surface area contributed by atoms with Gasteiger partial charge in [0, 0.05) is 13.3 Å². The lowest BCUT2D eigenvalue weighted by Crippen LogP contribution is -2.37. The molecule has 0 aromatic rings. The van der Waals surface area contributed by atoms with Crippen LogP contribution < -0.4 is 4.89 Å². The highest BCUT2D eigenvalue weighted by molar-refractivity contribution is 7.45. The van der Waals surface area contributed by atoms with Gasteiger partial charge in [0.1, 0.15) is 19.8 Å². The van der Waals surface area contributed by atoms with Gasteiger partial charge in [0.25, 0.3) is 7.82 Å². The van der Waals surface area contributed by atoms with Gasteiger partial charge in [-0.1, -0.05) is 68.4 Å². The fraction of sp³-hybridized carbons (Fsp3) is 0.667. The highest BCUT2D eigenvalue weighted by Crippen LogP contribution is 2.38. The number of phosphoric ester groups is 1. The summed E-state index contributed by atoms with van der Waals surface area (Å²) in [6.07, 6.45) is 21.5. The first-order valence-electron chi connectivity index (χ1n) is 14.4. The number of likely N-dealkylation sites (N-methyl/N-ethyl adjacent to an activating group) is 1. The zero-order valence-corrected chi connectivity index (χ0v) is 26.5. The van der Waals surface area contributed by atoms with Crippen LogP contribution in [0, 0.1) is 0 Å². The molecule has 0 aliphatic rings. The highest BCUT2D eigenvalue weighted by atomic mass is 31.2. The maximum Gasteiger partial charge on any atom is 0.305 e. The largest absolute Gasteiger partial charge is 0.756 e. The Morgan fingerprint density at radius 2 is 1.66 bits per heavy atom. The van der Waals surface area contributed by atoms with Crippen molar-refractivity contribution in [1.29, 1.82) is 0 Å². The summed E-state index contributed by atoms with van der Waals surface area (Å²) in [5, 5.41) is 9.96. The van der Waals surface area contributed by atoms with Crippen LogP contribution in [0.5, 0.6) is 0 Å². The molecule has 3 atom stereocenters. The molecule has 0 amide bonds. The van der Waals surface area contributed by atoms with E-state index in [1.165, 1.54) is 26.2 Å². The minimum absolute atomic E-state index is 0.0552. The molecule has 0 aromatic heterocycles. The summed E-state index contributed by atoms with van der Waals surface area (Å²) in [7, 11) is 1.08. The summed E-state index contributed by atoms with van der Waals surface area (Å²) in [4.78, 5) is 35.3. The van der Waals surface area contributed by atoms with E-state index in [-0.39, 0.29) is 19.6 Å². The molecular formula is C30H52NO9P. The van der Waals surface area contributed by atoms with Crippen LogP contribution in [0.25, 0.3) is 0 Å². The molecule has 11 heteroatoms. The van der Waals surface area contributed by atoms with E-state index in [0.717, 1.165) is 12.8 Å². The minimum atomic E-state index is -4.60. The monoisotopic (exact) mass is 601 g/mol. The first-order chi connectivity index (χ1) is 19.3. The van der Waals surface area contributed by atoms with Crippen molar-refractivity contribution in [2.24, 2.45) is 0 Å². The van der Waals surface area contributed by atoms with E-state index < -0.39 is 38.6 Å². The van der Waals surface area contributed by atoms with Gasteiger partial charge in [0.05, 0.1) is 33.9 Å². The molecule has 0 heterocycles. The Kier molecular flexibility index (Phi) is 22.3. The third-order valence-electron chi connectivity index (χ3n) is 5.48. The summed E-state index contributed by atoms with van der Waals surface area (Å²) in [5.41, 5.74) is 0. The van der Waals surface area contributed by atoms with Gasteiger partial charge in [0.2, 0.25) is 0 Å². The number of hydrogen-bond donors (Lipinski definition) is 1. The van der Waals surface area contributed by atoms with Crippen molar-refractivity contribution in [3.63, 3.8) is 0 Å². The van der Waals surface area contributed by atoms with Crippen molar-refractivity contribution in [3.8, 4) is 0 Å². The Balaban J connectivity index is 4.16. The number of nitrogens with zero attached hydrogens (tertiary/aromatic N) is 1. The Morgan fingerprint density at radius 3 is 2.34 bits per heavy atom. The molecule has 1 N–H and O–H groups in total. The van der Waals surface area contributed by atoms with Crippen LogP contribution in [0.15, 0.2) is 48.6 Å². The Morgan fingerprint density at radius 1 is 0.951 bits per heavy atom. The molecule has 0 radical (unpaired) electrons. The number of aliphatic hydroxyl groups is 1. The van der Waals surface area contributed by atoms with Gasteiger partial charge >= 0.3 is 11.9 Å². The van der Waals surface area contributed by atoms with Gasteiger partial charge in [-0.25, -0.2) is 0 Å². The second-order valence-corrected chi connectivity index (χ2v) is 12.1. The van der Waals surface area contributed by atoms with Crippen molar-refractivity contribution in [3.05, 3.63) is 48.6 Å². The summed E-state index contributed by atoms with van der Waals surface area (Å²) >= 11 is 0. The number of aliphatic hydroxyl groups excluding tert-OH is 1. The maximum atomic E-state index is 12.0. The van der Waals surface area contributed by atoms with Crippen LogP contribution in [0.3, 0.4) is 0 Å². The molecule has 10 nitrogen and oxygen atoms in total. The fourth-order valence-electron chi connectivity index (χ4n) is 3.19. The smallest absolute Gasteiger partial charge is 0.305 e. The lowest BCUT2D eigenvalue weighted by Gasteiger charge is -2.28. The van der Waals surface area contributed by atoms with Crippen LogP contribution in [0.1, 0.15) is 71.6 Å². The maximum absolute atomic E-state index is 12.0. The van der Waals surface area contributed by atoms with E-state index in [1.54, 1.807) is 6.08 Å². The summed E-state index contributed by atoms with van der Waals surface area (Å²) in [6, 6.07) is 0.